The van der Waals surface area contributed by atoms with Crippen LogP contribution in [0.2, 0.25) is 0 Å². The van der Waals surface area contributed by atoms with Crippen LogP contribution < -0.4 is 11.2 Å². The average Bonchev–Trinajstić information content (AvgIpc) is 2.34. The molecule has 0 spiro atoms. The zero-order chi connectivity index (χ0) is 13.3. The minimum absolute atomic E-state index is 0.0152. The Morgan fingerprint density at radius 1 is 1.11 bits per heavy atom. The Balaban J connectivity index is 2.74. The summed E-state index contributed by atoms with van der Waals surface area (Å²) in [5, 5.41) is 0. The molecule has 7 heteroatoms. The molecule has 2 rings (SSSR count). The third-order valence-electron chi connectivity index (χ3n) is 2.39. The van der Waals surface area contributed by atoms with Crippen molar-refractivity contribution in [1.29, 1.82) is 0 Å². The van der Waals surface area contributed by atoms with Crippen molar-refractivity contribution in [3.63, 3.8) is 0 Å². The van der Waals surface area contributed by atoms with Crippen LogP contribution in [0.3, 0.4) is 0 Å². The van der Waals surface area contributed by atoms with E-state index >= 15 is 0 Å². The Kier molecular flexibility index (Phi) is 2.92. The zero-order valence-electron chi connectivity index (χ0n) is 9.45. The molecule has 6 nitrogen and oxygen atoms in total. The summed E-state index contributed by atoms with van der Waals surface area (Å²) in [7, 11) is -3.97. The van der Waals surface area contributed by atoms with E-state index in [-0.39, 0.29) is 10.5 Å². The van der Waals surface area contributed by atoms with Crippen LogP contribution in [0, 0.1) is 6.92 Å². The molecular formula is C11H10N2O4S. The molecule has 0 saturated carbocycles. The average molecular weight is 266 g/mol. The molecule has 1 aromatic carbocycles. The first-order valence-electron chi connectivity index (χ1n) is 5.06. The Bertz CT molecular complexity index is 788. The number of hydrogen-bond donors (Lipinski definition) is 1. The summed E-state index contributed by atoms with van der Waals surface area (Å²) in [5.74, 6) is 0. The minimum Gasteiger partial charge on any atom is -0.273 e. The molecule has 0 bridgehead atoms. The van der Waals surface area contributed by atoms with E-state index < -0.39 is 21.3 Å². The van der Waals surface area contributed by atoms with E-state index in [2.05, 4.69) is 0 Å². The lowest BCUT2D eigenvalue weighted by molar-refractivity contribution is 0.583. The molecule has 1 heterocycles. The monoisotopic (exact) mass is 266 g/mol. The second-order valence-corrected chi connectivity index (χ2v) is 5.50. The number of nitrogens with zero attached hydrogens (tertiary/aromatic N) is 1. The van der Waals surface area contributed by atoms with Gasteiger partial charge in [-0.1, -0.05) is 18.2 Å². The van der Waals surface area contributed by atoms with Gasteiger partial charge in [-0.05, 0) is 19.1 Å². The molecular weight excluding hydrogens is 256 g/mol. The van der Waals surface area contributed by atoms with Gasteiger partial charge in [0.1, 0.15) is 0 Å². The van der Waals surface area contributed by atoms with Gasteiger partial charge in [0.15, 0.2) is 0 Å². The largest absolute Gasteiger partial charge is 0.342 e. The molecule has 2 aromatic rings. The van der Waals surface area contributed by atoms with E-state index in [0.29, 0.717) is 3.97 Å². The highest BCUT2D eigenvalue weighted by atomic mass is 32.2. The SMILES string of the molecule is Cc1cn(S(=O)(=O)c2ccccc2)c(=O)[nH]c1=O. The molecule has 0 amide bonds. The normalized spacial score (nSPS) is 11.4. The number of aromatic nitrogens is 2. The first-order chi connectivity index (χ1) is 8.43. The summed E-state index contributed by atoms with van der Waals surface area (Å²) in [6.45, 7) is 1.43. The maximum atomic E-state index is 12.2. The molecule has 0 fully saturated rings. The fourth-order valence-corrected chi connectivity index (χ4v) is 2.72. The summed E-state index contributed by atoms with van der Waals surface area (Å²) < 4.78 is 24.8. The molecule has 0 aliphatic carbocycles. The second kappa shape index (κ2) is 4.26. The number of benzene rings is 1. The standard InChI is InChI=1S/C11H10N2O4S/c1-8-7-13(11(15)12-10(8)14)18(16,17)9-5-3-2-4-6-9/h2-7H,1H3,(H,12,14,15). The van der Waals surface area contributed by atoms with E-state index in [0.717, 1.165) is 6.20 Å². The van der Waals surface area contributed by atoms with Crippen LogP contribution in [-0.2, 0) is 10.0 Å². The molecule has 0 aliphatic heterocycles. The van der Waals surface area contributed by atoms with Crippen molar-refractivity contribution < 1.29 is 8.42 Å². The number of aryl methyl sites for hydroxylation is 1. The molecule has 0 saturated heterocycles. The molecule has 94 valence electrons. The fraction of sp³-hybridized carbons (Fsp3) is 0.0909. The van der Waals surface area contributed by atoms with Gasteiger partial charge in [0.05, 0.1) is 4.90 Å². The summed E-state index contributed by atoms with van der Waals surface area (Å²) in [4.78, 5) is 24.7. The van der Waals surface area contributed by atoms with Gasteiger partial charge in [-0.25, -0.2) is 13.2 Å². The number of aromatic amines is 1. The van der Waals surface area contributed by atoms with Crippen LogP contribution in [0.1, 0.15) is 5.56 Å². The van der Waals surface area contributed by atoms with E-state index in [1.54, 1.807) is 18.2 Å². The third-order valence-corrected chi connectivity index (χ3v) is 4.05. The summed E-state index contributed by atoms with van der Waals surface area (Å²) in [5.41, 5.74) is -1.43. The number of hydrogen-bond acceptors (Lipinski definition) is 4. The highest BCUT2D eigenvalue weighted by Gasteiger charge is 2.18. The predicted octanol–water partition coefficient (Wildman–Crippen LogP) is 0.0820. The van der Waals surface area contributed by atoms with Crippen LogP contribution in [0.25, 0.3) is 0 Å². The van der Waals surface area contributed by atoms with E-state index in [1.165, 1.54) is 19.1 Å². The van der Waals surface area contributed by atoms with Crippen molar-refractivity contribution in [2.45, 2.75) is 11.8 Å². The zero-order valence-corrected chi connectivity index (χ0v) is 10.3. The Morgan fingerprint density at radius 3 is 2.33 bits per heavy atom. The Morgan fingerprint density at radius 2 is 1.72 bits per heavy atom. The van der Waals surface area contributed by atoms with Crippen LogP contribution in [0.5, 0.6) is 0 Å². The van der Waals surface area contributed by atoms with Crippen LogP contribution in [0.15, 0.2) is 51.0 Å². The van der Waals surface area contributed by atoms with E-state index in [1.807, 2.05) is 4.98 Å². The lowest BCUT2D eigenvalue weighted by Gasteiger charge is -2.07. The predicted molar refractivity (Wildman–Crippen MR) is 65.1 cm³/mol. The Labute approximate surface area is 103 Å². The van der Waals surface area contributed by atoms with Gasteiger partial charge >= 0.3 is 5.69 Å². The van der Waals surface area contributed by atoms with E-state index in [4.69, 9.17) is 0 Å². The summed E-state index contributed by atoms with van der Waals surface area (Å²) in [6.07, 6.45) is 1.02. The Hall–Kier alpha value is -2.15. The fourth-order valence-electron chi connectivity index (χ4n) is 1.43. The van der Waals surface area contributed by atoms with Gasteiger partial charge < -0.3 is 0 Å². The summed E-state index contributed by atoms with van der Waals surface area (Å²) >= 11 is 0. The van der Waals surface area contributed by atoms with Crippen LogP contribution in [0.4, 0.5) is 0 Å². The highest BCUT2D eigenvalue weighted by Crippen LogP contribution is 2.10. The molecule has 0 aliphatic rings. The minimum atomic E-state index is -3.97. The van der Waals surface area contributed by atoms with Crippen molar-refractivity contribution in [2.24, 2.45) is 0 Å². The van der Waals surface area contributed by atoms with Gasteiger partial charge in [-0.15, -0.1) is 0 Å². The van der Waals surface area contributed by atoms with Gasteiger partial charge in [-0.2, -0.15) is 3.97 Å². The number of nitrogens with one attached hydrogen (secondary N) is 1. The highest BCUT2D eigenvalue weighted by molar-refractivity contribution is 7.90. The molecule has 1 N–H and O–H groups in total. The smallest absolute Gasteiger partial charge is 0.273 e. The van der Waals surface area contributed by atoms with Crippen molar-refractivity contribution in [1.82, 2.24) is 8.96 Å². The van der Waals surface area contributed by atoms with Crippen LogP contribution in [-0.4, -0.2) is 17.4 Å². The van der Waals surface area contributed by atoms with Crippen molar-refractivity contribution in [3.8, 4) is 0 Å². The van der Waals surface area contributed by atoms with Gasteiger partial charge in [0.2, 0.25) is 0 Å². The molecule has 0 unspecified atom stereocenters. The molecule has 1 aromatic heterocycles. The topological polar surface area (TPSA) is 89.0 Å². The lowest BCUT2D eigenvalue weighted by Crippen LogP contribution is -2.34. The number of rotatable bonds is 2. The quantitative estimate of drug-likeness (QED) is 0.833. The van der Waals surface area contributed by atoms with Crippen molar-refractivity contribution in [3.05, 3.63) is 62.9 Å². The second-order valence-electron chi connectivity index (χ2n) is 3.69. The van der Waals surface area contributed by atoms with E-state index in [9.17, 15) is 18.0 Å². The molecule has 0 radical (unpaired) electrons. The maximum Gasteiger partial charge on any atom is 0.342 e. The van der Waals surface area contributed by atoms with Gasteiger partial charge in [0.25, 0.3) is 15.6 Å². The van der Waals surface area contributed by atoms with Crippen LogP contribution >= 0.6 is 0 Å². The van der Waals surface area contributed by atoms with Crippen molar-refractivity contribution in [2.75, 3.05) is 0 Å². The van der Waals surface area contributed by atoms with Gasteiger partial charge in [0, 0.05) is 11.8 Å². The first-order valence-corrected chi connectivity index (χ1v) is 6.50. The molecule has 0 atom stereocenters. The first kappa shape index (κ1) is 12.3. The lowest BCUT2D eigenvalue weighted by atomic mass is 10.4. The maximum absolute atomic E-state index is 12.2. The van der Waals surface area contributed by atoms with Crippen molar-refractivity contribution >= 4 is 10.0 Å². The number of H-pyrrole nitrogens is 1. The summed E-state index contributed by atoms with van der Waals surface area (Å²) in [6, 6.07) is 7.53. The third kappa shape index (κ3) is 2.00. The molecule has 18 heavy (non-hydrogen) atoms. The van der Waals surface area contributed by atoms with Gasteiger partial charge in [-0.3, -0.25) is 9.78 Å².